The zero-order valence-corrected chi connectivity index (χ0v) is 19.3. The summed E-state index contributed by atoms with van der Waals surface area (Å²) in [5, 5.41) is 3.50. The molecule has 0 unspecified atom stereocenters. The summed E-state index contributed by atoms with van der Waals surface area (Å²) in [7, 11) is 0. The molecule has 1 aromatic heterocycles. The van der Waals surface area contributed by atoms with E-state index in [0.29, 0.717) is 28.0 Å². The zero-order chi connectivity index (χ0) is 22.7. The summed E-state index contributed by atoms with van der Waals surface area (Å²) in [6, 6.07) is 21.8. The molecule has 4 aromatic rings. The van der Waals surface area contributed by atoms with Crippen LogP contribution in [0.2, 0.25) is 0 Å². The summed E-state index contributed by atoms with van der Waals surface area (Å²) in [5.74, 6) is 0.00291. The lowest BCUT2D eigenvalue weighted by molar-refractivity contribution is -0.122. The summed E-state index contributed by atoms with van der Waals surface area (Å²) in [5.41, 5.74) is 2.51. The molecule has 0 saturated heterocycles. The molecule has 0 radical (unpaired) electrons. The van der Waals surface area contributed by atoms with E-state index in [1.165, 1.54) is 5.56 Å². The molecule has 0 saturated carbocycles. The van der Waals surface area contributed by atoms with Crippen molar-refractivity contribution in [3.8, 4) is 5.75 Å². The first kappa shape index (κ1) is 21.8. The number of carbonyl (C=O) groups is 2. The summed E-state index contributed by atoms with van der Waals surface area (Å²) in [6.45, 7) is 3.75. The number of carbonyl (C=O) groups excluding carboxylic acids is 2. The number of para-hydroxylation sites is 1. The highest BCUT2D eigenvalue weighted by Gasteiger charge is 2.25. The number of amides is 1. The van der Waals surface area contributed by atoms with Crippen LogP contribution < -0.4 is 10.1 Å². The van der Waals surface area contributed by atoms with Gasteiger partial charge >= 0.3 is 0 Å². The van der Waals surface area contributed by atoms with Crippen molar-refractivity contribution in [2.24, 2.45) is 0 Å². The first-order chi connectivity index (χ1) is 15.5. The van der Waals surface area contributed by atoms with Crippen LogP contribution in [0.1, 0.15) is 35.5 Å². The van der Waals surface area contributed by atoms with Crippen molar-refractivity contribution in [3.63, 3.8) is 0 Å². The standard InChI is InChI=1S/C26H22BrNO4/c1-3-17-8-14-20(15-9-17)31-16(2)26(30)28-23-21-6-4-5-7-22(21)32-25(23)24(29)18-10-12-19(27)13-11-18/h4-16H,3H2,1-2H3,(H,28,30)/t16-/m0/s1. The van der Waals surface area contributed by atoms with Gasteiger partial charge in [0.05, 0.1) is 5.69 Å². The van der Waals surface area contributed by atoms with Gasteiger partial charge in [-0.3, -0.25) is 9.59 Å². The lowest BCUT2D eigenvalue weighted by atomic mass is 10.1. The third-order valence-corrected chi connectivity index (χ3v) is 5.70. The van der Waals surface area contributed by atoms with Crippen LogP contribution in [0.15, 0.2) is 81.7 Å². The third-order valence-electron chi connectivity index (χ3n) is 5.17. The molecule has 5 nitrogen and oxygen atoms in total. The number of hydrogen-bond acceptors (Lipinski definition) is 4. The van der Waals surface area contributed by atoms with Crippen LogP contribution in [0.5, 0.6) is 5.75 Å². The Balaban J connectivity index is 1.61. The fourth-order valence-corrected chi connectivity index (χ4v) is 3.61. The zero-order valence-electron chi connectivity index (χ0n) is 17.7. The van der Waals surface area contributed by atoms with Gasteiger partial charge in [0.1, 0.15) is 11.3 Å². The van der Waals surface area contributed by atoms with Crippen molar-refractivity contribution in [3.05, 3.63) is 94.2 Å². The molecule has 162 valence electrons. The molecule has 3 aromatic carbocycles. The maximum absolute atomic E-state index is 13.2. The van der Waals surface area contributed by atoms with Gasteiger partial charge in [0, 0.05) is 15.4 Å². The van der Waals surface area contributed by atoms with Crippen molar-refractivity contribution in [2.75, 3.05) is 5.32 Å². The second kappa shape index (κ2) is 9.40. The van der Waals surface area contributed by atoms with Crippen LogP contribution >= 0.6 is 15.9 Å². The number of ether oxygens (including phenoxy) is 1. The Kier molecular flexibility index (Phi) is 6.42. The molecule has 0 aliphatic rings. The Morgan fingerprint density at radius 2 is 1.69 bits per heavy atom. The lowest BCUT2D eigenvalue weighted by Gasteiger charge is -2.15. The van der Waals surface area contributed by atoms with Crippen LogP contribution in [0.4, 0.5) is 5.69 Å². The number of furan rings is 1. The SMILES string of the molecule is CCc1ccc(O[C@@H](C)C(=O)Nc2c(C(=O)c3ccc(Br)cc3)oc3ccccc23)cc1. The number of nitrogens with one attached hydrogen (secondary N) is 1. The monoisotopic (exact) mass is 491 g/mol. The van der Waals surface area contributed by atoms with Crippen LogP contribution in [-0.4, -0.2) is 17.8 Å². The normalized spacial score (nSPS) is 11.8. The highest BCUT2D eigenvalue weighted by Crippen LogP contribution is 2.33. The molecular formula is C26H22BrNO4. The third kappa shape index (κ3) is 4.60. The fraction of sp³-hybridized carbons (Fsp3) is 0.154. The first-order valence-corrected chi connectivity index (χ1v) is 11.1. The highest BCUT2D eigenvalue weighted by molar-refractivity contribution is 9.10. The van der Waals surface area contributed by atoms with Crippen molar-refractivity contribution in [1.29, 1.82) is 0 Å². The number of ketones is 1. The van der Waals surface area contributed by atoms with E-state index in [1.807, 2.05) is 42.5 Å². The van der Waals surface area contributed by atoms with Crippen molar-refractivity contribution in [2.45, 2.75) is 26.4 Å². The maximum atomic E-state index is 13.2. The quantitative estimate of drug-likeness (QED) is 0.304. The van der Waals surface area contributed by atoms with E-state index < -0.39 is 6.10 Å². The maximum Gasteiger partial charge on any atom is 0.265 e. The largest absolute Gasteiger partial charge is 0.481 e. The first-order valence-electron chi connectivity index (χ1n) is 10.3. The molecule has 0 spiro atoms. The number of aryl methyl sites for hydroxylation is 1. The van der Waals surface area contributed by atoms with Crippen LogP contribution in [0.3, 0.4) is 0 Å². The topological polar surface area (TPSA) is 68.5 Å². The van der Waals surface area contributed by atoms with E-state index in [9.17, 15) is 9.59 Å². The van der Waals surface area contributed by atoms with Gasteiger partial charge in [-0.15, -0.1) is 0 Å². The second-order valence-electron chi connectivity index (χ2n) is 7.39. The Hall–Kier alpha value is -3.38. The van der Waals surface area contributed by atoms with Gasteiger partial charge in [-0.05, 0) is 67.4 Å². The van der Waals surface area contributed by atoms with E-state index in [4.69, 9.17) is 9.15 Å². The fourth-order valence-electron chi connectivity index (χ4n) is 3.35. The molecular weight excluding hydrogens is 470 g/mol. The van der Waals surface area contributed by atoms with E-state index in [2.05, 4.69) is 28.2 Å². The molecule has 0 fully saturated rings. The predicted molar refractivity (Wildman–Crippen MR) is 128 cm³/mol. The number of fused-ring (bicyclic) bond motifs is 1. The minimum Gasteiger partial charge on any atom is -0.481 e. The van der Waals surface area contributed by atoms with Gasteiger partial charge in [-0.25, -0.2) is 0 Å². The van der Waals surface area contributed by atoms with Crippen LogP contribution in [-0.2, 0) is 11.2 Å². The molecule has 1 amide bonds. The molecule has 6 heteroatoms. The van der Waals surface area contributed by atoms with E-state index in [1.54, 1.807) is 37.3 Å². The van der Waals surface area contributed by atoms with Crippen LogP contribution in [0, 0.1) is 0 Å². The summed E-state index contributed by atoms with van der Waals surface area (Å²) >= 11 is 3.37. The number of benzene rings is 3. The highest BCUT2D eigenvalue weighted by atomic mass is 79.9. The van der Waals surface area contributed by atoms with Gasteiger partial charge in [-0.1, -0.05) is 47.1 Å². The minimum atomic E-state index is -0.772. The number of halogens is 1. The Bertz CT molecular complexity index is 1260. The molecule has 1 heterocycles. The van der Waals surface area contributed by atoms with E-state index in [-0.39, 0.29) is 17.5 Å². The van der Waals surface area contributed by atoms with Crippen molar-refractivity contribution >= 4 is 44.3 Å². The Morgan fingerprint density at radius 3 is 2.38 bits per heavy atom. The van der Waals surface area contributed by atoms with Gasteiger partial charge in [-0.2, -0.15) is 0 Å². The summed E-state index contributed by atoms with van der Waals surface area (Å²) in [6.07, 6.45) is 0.158. The Labute approximate surface area is 194 Å². The molecule has 1 atom stereocenters. The number of rotatable bonds is 7. The summed E-state index contributed by atoms with van der Waals surface area (Å²) < 4.78 is 12.5. The number of hydrogen-bond donors (Lipinski definition) is 1. The molecule has 4 rings (SSSR count). The smallest absolute Gasteiger partial charge is 0.265 e. The second-order valence-corrected chi connectivity index (χ2v) is 8.30. The van der Waals surface area contributed by atoms with E-state index >= 15 is 0 Å². The molecule has 1 N–H and O–H groups in total. The number of anilines is 1. The van der Waals surface area contributed by atoms with E-state index in [0.717, 1.165) is 10.9 Å². The molecule has 32 heavy (non-hydrogen) atoms. The molecule has 0 aliphatic heterocycles. The molecule has 0 bridgehead atoms. The van der Waals surface area contributed by atoms with Gasteiger partial charge in [0.25, 0.3) is 5.91 Å². The minimum absolute atomic E-state index is 0.0846. The average molecular weight is 492 g/mol. The predicted octanol–water partition coefficient (Wildman–Crippen LogP) is 6.39. The van der Waals surface area contributed by atoms with Crippen molar-refractivity contribution < 1.29 is 18.7 Å². The van der Waals surface area contributed by atoms with Gasteiger partial charge in [0.15, 0.2) is 11.9 Å². The average Bonchev–Trinajstić information content (AvgIpc) is 3.18. The summed E-state index contributed by atoms with van der Waals surface area (Å²) in [4.78, 5) is 26.1. The van der Waals surface area contributed by atoms with Gasteiger partial charge in [0.2, 0.25) is 5.78 Å². The van der Waals surface area contributed by atoms with Crippen LogP contribution in [0.25, 0.3) is 11.0 Å². The lowest BCUT2D eigenvalue weighted by Crippen LogP contribution is -2.30. The Morgan fingerprint density at radius 1 is 1.00 bits per heavy atom. The van der Waals surface area contributed by atoms with Gasteiger partial charge < -0.3 is 14.5 Å². The molecule has 0 aliphatic carbocycles. The van der Waals surface area contributed by atoms with Crippen molar-refractivity contribution in [1.82, 2.24) is 0 Å².